The van der Waals surface area contributed by atoms with Crippen LogP contribution in [0.1, 0.15) is 22.3 Å². The second-order valence-electron chi connectivity index (χ2n) is 7.36. The van der Waals surface area contributed by atoms with Gasteiger partial charge in [0, 0.05) is 4.91 Å². The summed E-state index contributed by atoms with van der Waals surface area (Å²) in [5.74, 6) is 0. The van der Waals surface area contributed by atoms with E-state index in [1.165, 1.54) is 34.5 Å². The van der Waals surface area contributed by atoms with Crippen LogP contribution in [0.25, 0.3) is 19.6 Å². The minimum atomic E-state index is 0.995. The van der Waals surface area contributed by atoms with Gasteiger partial charge in [-0.2, -0.15) is 0 Å². The van der Waals surface area contributed by atoms with Crippen LogP contribution < -0.4 is 3.12 Å². The SMILES string of the molecule is SC(=C(S[NH+]1SC(c2ccccc2)=C(c2ccccc2)S1)c1ccccc1)c1ccccc1. The van der Waals surface area contributed by atoms with E-state index >= 15 is 0 Å². The predicted octanol–water partition coefficient (Wildman–Crippen LogP) is 7.81. The zero-order valence-electron chi connectivity index (χ0n) is 17.7. The third-order valence-electron chi connectivity index (χ3n) is 5.13. The van der Waals surface area contributed by atoms with Crippen molar-refractivity contribution in [2.24, 2.45) is 0 Å². The van der Waals surface area contributed by atoms with E-state index in [-0.39, 0.29) is 0 Å². The number of hydrogen-bond acceptors (Lipinski definition) is 4. The maximum atomic E-state index is 5.00. The highest BCUT2D eigenvalue weighted by Crippen LogP contribution is 2.46. The van der Waals surface area contributed by atoms with Gasteiger partial charge < -0.3 is 0 Å². The van der Waals surface area contributed by atoms with E-state index < -0.39 is 0 Å². The highest BCUT2D eigenvalue weighted by molar-refractivity contribution is 8.27. The van der Waals surface area contributed by atoms with Gasteiger partial charge in [0.25, 0.3) is 0 Å². The third-order valence-corrected chi connectivity index (χ3v) is 9.83. The van der Waals surface area contributed by atoms with Gasteiger partial charge in [0.1, 0.15) is 35.8 Å². The summed E-state index contributed by atoms with van der Waals surface area (Å²) in [6, 6.07) is 42.3. The zero-order valence-corrected chi connectivity index (χ0v) is 21.1. The van der Waals surface area contributed by atoms with Crippen LogP contribution in [0, 0.1) is 0 Å². The summed E-state index contributed by atoms with van der Waals surface area (Å²) in [5.41, 5.74) is 4.81. The number of hydrogen-bond donors (Lipinski definition) is 2. The van der Waals surface area contributed by atoms with E-state index in [0.29, 0.717) is 0 Å². The fourth-order valence-electron chi connectivity index (χ4n) is 3.52. The van der Waals surface area contributed by atoms with E-state index in [1.807, 2.05) is 41.9 Å². The lowest BCUT2D eigenvalue weighted by Crippen LogP contribution is -2.88. The second-order valence-corrected chi connectivity index (χ2v) is 11.6. The van der Waals surface area contributed by atoms with Crippen molar-refractivity contribution in [1.29, 1.82) is 0 Å². The molecule has 0 bridgehead atoms. The zero-order chi connectivity index (χ0) is 22.5. The van der Waals surface area contributed by atoms with Crippen molar-refractivity contribution in [2.75, 3.05) is 0 Å². The molecule has 0 fully saturated rings. The molecule has 0 aliphatic carbocycles. The van der Waals surface area contributed by atoms with Crippen LogP contribution in [-0.2, 0) is 0 Å². The van der Waals surface area contributed by atoms with Crippen LogP contribution >= 0.6 is 48.5 Å². The normalized spacial score (nSPS) is 14.9. The predicted molar refractivity (Wildman–Crippen MR) is 152 cm³/mol. The van der Waals surface area contributed by atoms with E-state index in [1.54, 1.807) is 0 Å². The number of rotatable bonds is 6. The topological polar surface area (TPSA) is 4.44 Å². The molecule has 4 aromatic rings. The van der Waals surface area contributed by atoms with Crippen LogP contribution in [0.3, 0.4) is 0 Å². The molecule has 162 valence electrons. The Bertz CT molecular complexity index is 1220. The molecule has 0 unspecified atom stereocenters. The average molecular weight is 501 g/mol. The summed E-state index contributed by atoms with van der Waals surface area (Å²) in [4.78, 5) is 4.78. The Morgan fingerprint density at radius 2 is 0.939 bits per heavy atom. The first-order valence-corrected chi connectivity index (χ1v) is 13.5. The minimum Gasteiger partial charge on any atom is -0.141 e. The van der Waals surface area contributed by atoms with Gasteiger partial charge in [0.2, 0.25) is 0 Å². The van der Waals surface area contributed by atoms with Gasteiger partial charge in [0.15, 0.2) is 0 Å². The smallest absolute Gasteiger partial charge is 0.138 e. The first kappa shape index (κ1) is 22.5. The minimum absolute atomic E-state index is 0.995. The molecule has 33 heavy (non-hydrogen) atoms. The number of quaternary nitrogens is 1. The first-order chi connectivity index (χ1) is 16.3. The highest BCUT2D eigenvalue weighted by Gasteiger charge is 2.35. The molecule has 0 amide bonds. The molecule has 1 aliphatic heterocycles. The van der Waals surface area contributed by atoms with Crippen LogP contribution in [0.4, 0.5) is 0 Å². The molecular weight excluding hydrogens is 479 g/mol. The molecule has 4 aromatic carbocycles. The van der Waals surface area contributed by atoms with Crippen LogP contribution in [0.2, 0.25) is 0 Å². The molecule has 0 aromatic heterocycles. The van der Waals surface area contributed by atoms with Gasteiger partial charge in [-0.05, 0) is 22.3 Å². The Morgan fingerprint density at radius 1 is 0.545 bits per heavy atom. The molecule has 0 spiro atoms. The van der Waals surface area contributed by atoms with Crippen molar-refractivity contribution in [2.45, 2.75) is 0 Å². The Balaban J connectivity index is 1.51. The monoisotopic (exact) mass is 500 g/mol. The van der Waals surface area contributed by atoms with Gasteiger partial charge >= 0.3 is 0 Å². The van der Waals surface area contributed by atoms with E-state index in [9.17, 15) is 0 Å². The van der Waals surface area contributed by atoms with Crippen molar-refractivity contribution in [3.63, 3.8) is 0 Å². The Labute approximate surface area is 213 Å². The molecule has 5 rings (SSSR count). The maximum absolute atomic E-state index is 5.00. The fourth-order valence-corrected chi connectivity index (χ4v) is 8.09. The van der Waals surface area contributed by atoms with Crippen molar-refractivity contribution in [3.8, 4) is 0 Å². The molecule has 0 saturated carbocycles. The lowest BCUT2D eigenvalue weighted by molar-refractivity contribution is -0.386. The Hall–Kier alpha value is -2.28. The lowest BCUT2D eigenvalue weighted by Gasteiger charge is -2.13. The summed E-state index contributed by atoms with van der Waals surface area (Å²) in [5, 5.41) is 0. The van der Waals surface area contributed by atoms with Crippen molar-refractivity contribution in [3.05, 3.63) is 144 Å². The molecule has 1 N–H and O–H groups in total. The highest BCUT2D eigenvalue weighted by atomic mass is 32.3. The Kier molecular flexibility index (Phi) is 7.34. The first-order valence-electron chi connectivity index (χ1n) is 10.6. The number of thiol groups is 1. The van der Waals surface area contributed by atoms with Crippen LogP contribution in [0.15, 0.2) is 121 Å². The molecule has 0 saturated heterocycles. The Morgan fingerprint density at radius 3 is 1.39 bits per heavy atom. The van der Waals surface area contributed by atoms with Crippen molar-refractivity contribution in [1.82, 2.24) is 0 Å². The summed E-state index contributed by atoms with van der Waals surface area (Å²) in [7, 11) is 0. The molecule has 0 atom stereocenters. The second kappa shape index (κ2) is 10.8. The summed E-state index contributed by atoms with van der Waals surface area (Å²) < 4.78 is 1.29. The van der Waals surface area contributed by atoms with E-state index in [4.69, 9.17) is 12.6 Å². The molecule has 5 heteroatoms. The average Bonchev–Trinajstić information content (AvgIpc) is 3.33. The molecular formula is C28H22NS4+. The summed E-state index contributed by atoms with van der Waals surface area (Å²) in [6.45, 7) is 0. The van der Waals surface area contributed by atoms with Gasteiger partial charge in [-0.25, -0.2) is 0 Å². The lowest BCUT2D eigenvalue weighted by atomic mass is 10.1. The van der Waals surface area contributed by atoms with E-state index in [0.717, 1.165) is 10.5 Å². The van der Waals surface area contributed by atoms with Crippen LogP contribution in [-0.4, -0.2) is 0 Å². The summed E-state index contributed by atoms with van der Waals surface area (Å²) >= 11 is 10.5. The van der Waals surface area contributed by atoms with Gasteiger partial charge in [-0.3, -0.25) is 0 Å². The van der Waals surface area contributed by atoms with Crippen molar-refractivity contribution < 1.29 is 3.12 Å². The molecule has 1 heterocycles. The molecule has 1 nitrogen and oxygen atoms in total. The standard InChI is InChI=1S/C28H21NS4/c30-25(21-13-5-1-6-14-21)26(22-15-7-2-8-16-22)31-29-32-27(23-17-9-3-10-18-23)28(33-29)24-19-11-4-12-20-24/h1-20,30H/p+1. The molecule has 1 aliphatic rings. The van der Waals surface area contributed by atoms with Gasteiger partial charge in [-0.15, -0.1) is 15.7 Å². The summed E-state index contributed by atoms with van der Waals surface area (Å²) in [6.07, 6.45) is 0. The largest absolute Gasteiger partial charge is 0.141 e. The quantitative estimate of drug-likeness (QED) is 0.158. The number of nitrogens with one attached hydrogen (secondary N) is 1. The maximum Gasteiger partial charge on any atom is 0.138 e. The third kappa shape index (κ3) is 5.29. The van der Waals surface area contributed by atoms with Gasteiger partial charge in [-0.1, -0.05) is 121 Å². The molecule has 0 radical (unpaired) electrons. The van der Waals surface area contributed by atoms with Crippen molar-refractivity contribution >= 4 is 68.1 Å². The number of benzene rings is 4. The van der Waals surface area contributed by atoms with E-state index in [2.05, 4.69) is 115 Å². The van der Waals surface area contributed by atoms with Gasteiger partial charge in [0.05, 0.1) is 14.7 Å². The fraction of sp³-hybridized carbons (Fsp3) is 0. The van der Waals surface area contributed by atoms with Crippen LogP contribution in [0.5, 0.6) is 0 Å².